The van der Waals surface area contributed by atoms with Crippen molar-refractivity contribution in [3.05, 3.63) is 47.5 Å². The van der Waals surface area contributed by atoms with Crippen molar-refractivity contribution in [1.82, 2.24) is 0 Å². The molecule has 1 aliphatic heterocycles. The van der Waals surface area contributed by atoms with Gasteiger partial charge in [0.2, 0.25) is 0 Å². The lowest BCUT2D eigenvalue weighted by atomic mass is 9.67. The van der Waals surface area contributed by atoms with E-state index in [1.165, 1.54) is 32.3 Å². The van der Waals surface area contributed by atoms with Gasteiger partial charge in [-0.05, 0) is 52.0 Å². The molecule has 0 atom stereocenters. The molecule has 2 aromatic rings. The van der Waals surface area contributed by atoms with Crippen LogP contribution in [0.3, 0.4) is 0 Å². The van der Waals surface area contributed by atoms with Crippen LogP contribution in [-0.4, -0.2) is 0 Å². The van der Waals surface area contributed by atoms with E-state index in [2.05, 4.69) is 97.1 Å². The SMILES string of the molecule is CC(C)(C)CC(C)(C)c1ccc2c(c1C(C)(C)C)Nc1ccccc1S2. The van der Waals surface area contributed by atoms with Crippen LogP contribution in [-0.2, 0) is 10.8 Å². The van der Waals surface area contributed by atoms with E-state index in [1.54, 1.807) is 0 Å². The Kier molecular flexibility index (Phi) is 4.72. The molecule has 0 spiro atoms. The lowest BCUT2D eigenvalue weighted by Crippen LogP contribution is -2.30. The van der Waals surface area contributed by atoms with Crippen molar-refractivity contribution in [3.63, 3.8) is 0 Å². The average molecular weight is 368 g/mol. The van der Waals surface area contributed by atoms with Crippen molar-refractivity contribution in [2.45, 2.75) is 82.4 Å². The second-order valence-electron chi connectivity index (χ2n) is 10.5. The Bertz CT molecular complexity index is 819. The van der Waals surface area contributed by atoms with E-state index in [4.69, 9.17) is 0 Å². The fraction of sp³-hybridized carbons (Fsp3) is 0.500. The zero-order valence-corrected chi connectivity index (χ0v) is 18.4. The van der Waals surface area contributed by atoms with Crippen LogP contribution in [0.25, 0.3) is 0 Å². The summed E-state index contributed by atoms with van der Waals surface area (Å²) in [6, 6.07) is 13.3. The molecule has 0 aliphatic carbocycles. The zero-order valence-electron chi connectivity index (χ0n) is 17.6. The van der Waals surface area contributed by atoms with Crippen LogP contribution in [0.4, 0.5) is 11.4 Å². The molecule has 0 radical (unpaired) electrons. The molecule has 0 saturated carbocycles. The summed E-state index contributed by atoms with van der Waals surface area (Å²) in [6.07, 6.45) is 1.16. The van der Waals surface area contributed by atoms with Crippen LogP contribution in [0.1, 0.15) is 72.9 Å². The highest BCUT2D eigenvalue weighted by molar-refractivity contribution is 7.99. The van der Waals surface area contributed by atoms with E-state index in [1.807, 2.05) is 11.8 Å². The molecule has 0 aromatic heterocycles. The van der Waals surface area contributed by atoms with Crippen LogP contribution in [0.15, 0.2) is 46.2 Å². The molecular weight excluding hydrogens is 334 g/mol. The summed E-state index contributed by atoms with van der Waals surface area (Å²) in [5, 5.41) is 3.77. The van der Waals surface area contributed by atoms with Crippen LogP contribution < -0.4 is 5.32 Å². The first-order chi connectivity index (χ1) is 11.9. The highest BCUT2D eigenvalue weighted by Crippen LogP contribution is 2.51. The topological polar surface area (TPSA) is 12.0 Å². The van der Waals surface area contributed by atoms with Crippen LogP contribution in [0, 0.1) is 5.41 Å². The predicted molar refractivity (Wildman–Crippen MR) is 116 cm³/mol. The Morgan fingerprint density at radius 1 is 0.808 bits per heavy atom. The second kappa shape index (κ2) is 6.34. The van der Waals surface area contributed by atoms with E-state index in [-0.39, 0.29) is 10.8 Å². The van der Waals surface area contributed by atoms with Crippen molar-refractivity contribution in [3.8, 4) is 0 Å². The van der Waals surface area contributed by atoms with Crippen LogP contribution in [0.5, 0.6) is 0 Å². The molecule has 1 aliphatic rings. The Morgan fingerprint density at radius 2 is 1.46 bits per heavy atom. The standard InChI is InChI=1S/C24H33NS/c1-22(2,3)15-24(7,8)16-13-14-19-21(20(16)23(4,5)6)25-17-11-9-10-12-18(17)26-19/h9-14,25H,15H2,1-8H3. The van der Waals surface area contributed by atoms with Gasteiger partial charge in [0.15, 0.2) is 0 Å². The first-order valence-electron chi connectivity index (χ1n) is 9.60. The number of para-hydroxylation sites is 1. The number of benzene rings is 2. The first-order valence-corrected chi connectivity index (χ1v) is 10.4. The van der Waals surface area contributed by atoms with Gasteiger partial charge in [0.1, 0.15) is 0 Å². The van der Waals surface area contributed by atoms with E-state index in [9.17, 15) is 0 Å². The summed E-state index contributed by atoms with van der Waals surface area (Å²) in [4.78, 5) is 2.64. The van der Waals surface area contributed by atoms with E-state index < -0.39 is 0 Å². The number of hydrogen-bond acceptors (Lipinski definition) is 2. The second-order valence-corrected chi connectivity index (χ2v) is 11.5. The van der Waals surface area contributed by atoms with Gasteiger partial charge in [-0.15, -0.1) is 0 Å². The summed E-state index contributed by atoms with van der Waals surface area (Å²) in [5.74, 6) is 0. The maximum atomic E-state index is 3.77. The molecule has 0 fully saturated rings. The normalized spacial score (nSPS) is 14.5. The van der Waals surface area contributed by atoms with Gasteiger partial charge in [-0.2, -0.15) is 0 Å². The molecule has 2 aromatic carbocycles. The molecule has 0 saturated heterocycles. The molecule has 2 heteroatoms. The average Bonchev–Trinajstić information content (AvgIpc) is 2.48. The fourth-order valence-corrected chi connectivity index (χ4v) is 5.47. The lowest BCUT2D eigenvalue weighted by Gasteiger charge is -2.39. The third-order valence-corrected chi connectivity index (χ3v) is 6.12. The van der Waals surface area contributed by atoms with Gasteiger partial charge in [-0.1, -0.05) is 85.4 Å². The summed E-state index contributed by atoms with van der Waals surface area (Å²) in [5.41, 5.74) is 5.97. The van der Waals surface area contributed by atoms with Crippen molar-refractivity contribution < 1.29 is 0 Å². The van der Waals surface area contributed by atoms with E-state index in [0.29, 0.717) is 5.41 Å². The molecule has 1 N–H and O–H groups in total. The van der Waals surface area contributed by atoms with Gasteiger partial charge in [0.05, 0.1) is 11.4 Å². The molecule has 0 unspecified atom stereocenters. The van der Waals surface area contributed by atoms with Gasteiger partial charge in [0.25, 0.3) is 0 Å². The monoisotopic (exact) mass is 367 g/mol. The lowest BCUT2D eigenvalue weighted by molar-refractivity contribution is 0.281. The minimum absolute atomic E-state index is 0.0790. The smallest absolute Gasteiger partial charge is 0.0567 e. The van der Waals surface area contributed by atoms with Crippen molar-refractivity contribution in [2.24, 2.45) is 5.41 Å². The van der Waals surface area contributed by atoms with E-state index in [0.717, 1.165) is 6.42 Å². The number of fused-ring (bicyclic) bond motifs is 2. The fourth-order valence-electron chi connectivity index (χ4n) is 4.47. The van der Waals surface area contributed by atoms with E-state index >= 15 is 0 Å². The molecule has 3 rings (SSSR count). The Morgan fingerprint density at radius 3 is 2.08 bits per heavy atom. The molecule has 26 heavy (non-hydrogen) atoms. The molecular formula is C24H33NS. The summed E-state index contributed by atoms with van der Waals surface area (Å²) >= 11 is 1.88. The maximum Gasteiger partial charge on any atom is 0.0567 e. The summed E-state index contributed by atoms with van der Waals surface area (Å²) in [7, 11) is 0. The molecule has 140 valence electrons. The van der Waals surface area contributed by atoms with Crippen molar-refractivity contribution >= 4 is 23.1 Å². The number of rotatable bonds is 2. The van der Waals surface area contributed by atoms with Gasteiger partial charge in [0, 0.05) is 9.79 Å². The minimum Gasteiger partial charge on any atom is -0.353 e. The first kappa shape index (κ1) is 19.4. The van der Waals surface area contributed by atoms with Gasteiger partial charge in [-0.25, -0.2) is 0 Å². The quantitative estimate of drug-likeness (QED) is 0.494. The van der Waals surface area contributed by atoms with Gasteiger partial charge in [-0.3, -0.25) is 0 Å². The minimum atomic E-state index is 0.0790. The van der Waals surface area contributed by atoms with Gasteiger partial charge < -0.3 is 5.32 Å². The summed E-state index contributed by atoms with van der Waals surface area (Å²) in [6.45, 7) is 18.8. The summed E-state index contributed by atoms with van der Waals surface area (Å²) < 4.78 is 0. The Balaban J connectivity index is 2.18. The number of anilines is 2. The highest BCUT2D eigenvalue weighted by Gasteiger charge is 2.35. The predicted octanol–water partition coefficient (Wildman–Crippen LogP) is 7.91. The number of hydrogen-bond donors (Lipinski definition) is 1. The molecule has 0 amide bonds. The largest absolute Gasteiger partial charge is 0.353 e. The Hall–Kier alpha value is -1.41. The van der Waals surface area contributed by atoms with Crippen molar-refractivity contribution in [2.75, 3.05) is 5.32 Å². The van der Waals surface area contributed by atoms with Crippen LogP contribution >= 0.6 is 11.8 Å². The maximum absolute atomic E-state index is 3.77. The molecule has 0 bridgehead atoms. The third-order valence-electron chi connectivity index (χ3n) is 4.99. The van der Waals surface area contributed by atoms with Crippen molar-refractivity contribution in [1.29, 1.82) is 0 Å². The molecule has 1 heterocycles. The van der Waals surface area contributed by atoms with Crippen LogP contribution in [0.2, 0.25) is 0 Å². The third kappa shape index (κ3) is 3.81. The van der Waals surface area contributed by atoms with Gasteiger partial charge >= 0.3 is 0 Å². The Labute approximate surface area is 164 Å². The highest BCUT2D eigenvalue weighted by atomic mass is 32.2. The molecule has 1 nitrogen and oxygen atoms in total. The number of nitrogens with one attached hydrogen (secondary N) is 1. The zero-order chi connectivity index (χ0) is 19.3.